The van der Waals surface area contributed by atoms with Crippen LogP contribution in [0, 0.1) is 28.3 Å². The fourth-order valence-electron chi connectivity index (χ4n) is 3.17. The summed E-state index contributed by atoms with van der Waals surface area (Å²) in [6, 6.07) is -1.15. The first-order chi connectivity index (χ1) is 16.7. The van der Waals surface area contributed by atoms with E-state index in [2.05, 4.69) is 49.3 Å². The lowest BCUT2D eigenvalue weighted by Gasteiger charge is -2.17. The Labute approximate surface area is 203 Å². The molecule has 3 heterocycles. The predicted molar refractivity (Wildman–Crippen MR) is 123 cm³/mol. The second-order valence-corrected chi connectivity index (χ2v) is 7.73. The number of H-pyrrole nitrogens is 1. The topological polar surface area (TPSA) is 221 Å². The van der Waals surface area contributed by atoms with Gasteiger partial charge in [-0.3, -0.25) is 14.2 Å². The van der Waals surface area contributed by atoms with E-state index >= 15 is 0 Å². The maximum Gasteiger partial charge on any atom is 0.305 e. The van der Waals surface area contributed by atoms with E-state index in [1.54, 1.807) is 0 Å². The fourth-order valence-corrected chi connectivity index (χ4v) is 3.41. The van der Waals surface area contributed by atoms with Crippen LogP contribution in [0.2, 0.25) is 0 Å². The molecule has 14 nitrogen and oxygen atoms in total. The molecule has 0 aliphatic carbocycles. The molecule has 1 saturated heterocycles. The minimum absolute atomic E-state index is 0.0372. The number of carboxylic acids is 1. The molecule has 0 spiro atoms. The van der Waals surface area contributed by atoms with E-state index in [9.17, 15) is 24.9 Å². The van der Waals surface area contributed by atoms with Crippen molar-refractivity contribution in [2.75, 3.05) is 25.0 Å². The average molecular weight is 506 g/mol. The molecule has 15 heteroatoms. The van der Waals surface area contributed by atoms with Crippen molar-refractivity contribution in [3.8, 4) is 23.7 Å². The number of fused-ring (bicyclic) bond motifs is 1. The van der Waals surface area contributed by atoms with Crippen molar-refractivity contribution in [1.29, 1.82) is 0 Å². The number of aromatic nitrogens is 4. The van der Waals surface area contributed by atoms with Gasteiger partial charge in [0.2, 0.25) is 11.9 Å². The molecule has 0 radical (unpaired) electrons. The molecule has 1 aliphatic heterocycles. The van der Waals surface area contributed by atoms with Crippen LogP contribution in [0.3, 0.4) is 0 Å². The number of imidazole rings is 1. The third-order valence-corrected chi connectivity index (χ3v) is 5.19. The molecule has 5 atom stereocenters. The van der Waals surface area contributed by atoms with Gasteiger partial charge in [-0.1, -0.05) is 24.1 Å². The number of rotatable bonds is 8. The standard InChI is InChI=1S/C20H23N7O7S/c21-10(7-12(29)30)17(33)22-5-3-1-2-4-6-23-20-25-16-13(18(35)26-20)24-9-27(16)19-15(32)14(31)11(8-28)34-19/h9-11,14-15,19,28,31-32H,5-8,21H2,(H,22,33)(H,29,30)(H2,23,25,26,35)/t10?,11-,14+,15?,19-/m1/s1. The highest BCUT2D eigenvalue weighted by atomic mass is 32.1. The van der Waals surface area contributed by atoms with Crippen LogP contribution < -0.4 is 16.4 Å². The van der Waals surface area contributed by atoms with Gasteiger partial charge in [0.15, 0.2) is 10.9 Å². The molecule has 1 fully saturated rings. The Morgan fingerprint density at radius 1 is 1.29 bits per heavy atom. The number of carboxylic acid groups (broad SMARTS) is 1. The first-order valence-electron chi connectivity index (χ1n) is 10.3. The summed E-state index contributed by atoms with van der Waals surface area (Å²) in [5.74, 6) is 8.91. The Morgan fingerprint density at radius 3 is 2.66 bits per heavy atom. The van der Waals surface area contributed by atoms with E-state index in [0.29, 0.717) is 11.2 Å². The first kappa shape index (κ1) is 26.0. The van der Waals surface area contributed by atoms with E-state index in [0.717, 1.165) is 0 Å². The largest absolute Gasteiger partial charge is 0.481 e. The lowest BCUT2D eigenvalue weighted by Crippen LogP contribution is -2.42. The number of carbonyl (C=O) groups is 2. The highest BCUT2D eigenvalue weighted by Crippen LogP contribution is 2.31. The Bertz CT molecular complexity index is 1270. The number of nitrogens with zero attached hydrogens (tertiary/aromatic N) is 3. The van der Waals surface area contributed by atoms with Crippen LogP contribution in [0.5, 0.6) is 0 Å². The number of carbonyl (C=O) groups excluding carboxylic acids is 1. The molecule has 2 unspecified atom stereocenters. The quantitative estimate of drug-likeness (QED) is 0.137. The van der Waals surface area contributed by atoms with Crippen LogP contribution in [0.1, 0.15) is 12.6 Å². The summed E-state index contributed by atoms with van der Waals surface area (Å²) in [5.41, 5.74) is 6.16. The molecule has 0 bridgehead atoms. The van der Waals surface area contributed by atoms with Gasteiger partial charge in [0.05, 0.1) is 38.5 Å². The fraction of sp³-hybridized carbons (Fsp3) is 0.450. The van der Waals surface area contributed by atoms with E-state index in [1.807, 2.05) is 0 Å². The summed E-state index contributed by atoms with van der Waals surface area (Å²) in [5, 5.41) is 43.5. The van der Waals surface area contributed by atoms with Crippen LogP contribution >= 0.6 is 12.2 Å². The van der Waals surface area contributed by atoms with Gasteiger partial charge in [-0.2, -0.15) is 0 Å². The number of hydrogen-bond acceptors (Lipinski definition) is 11. The van der Waals surface area contributed by atoms with Crippen LogP contribution in [0.4, 0.5) is 5.95 Å². The maximum absolute atomic E-state index is 11.6. The molecule has 35 heavy (non-hydrogen) atoms. The lowest BCUT2D eigenvalue weighted by molar-refractivity contribution is -0.139. The molecule has 0 saturated carbocycles. The summed E-state index contributed by atoms with van der Waals surface area (Å²) < 4.78 is 7.17. The Kier molecular flexibility index (Phi) is 8.72. The van der Waals surface area contributed by atoms with Crippen LogP contribution in [-0.2, 0) is 14.3 Å². The van der Waals surface area contributed by atoms with Gasteiger partial charge in [0.25, 0.3) is 0 Å². The van der Waals surface area contributed by atoms with Gasteiger partial charge in [-0.05, 0) is 11.8 Å². The van der Waals surface area contributed by atoms with Gasteiger partial charge in [0, 0.05) is 0 Å². The van der Waals surface area contributed by atoms with Crippen molar-refractivity contribution < 1.29 is 34.8 Å². The third kappa shape index (κ3) is 6.31. The normalized spacial score (nSPS) is 21.9. The minimum atomic E-state index is -1.29. The number of aromatic amines is 1. The summed E-state index contributed by atoms with van der Waals surface area (Å²) in [6.45, 7) is -0.362. The molecule has 186 valence electrons. The van der Waals surface area contributed by atoms with Crippen molar-refractivity contribution in [2.24, 2.45) is 5.73 Å². The van der Waals surface area contributed by atoms with E-state index in [4.69, 9.17) is 27.8 Å². The summed E-state index contributed by atoms with van der Waals surface area (Å²) >= 11 is 5.27. The average Bonchev–Trinajstić information content (AvgIpc) is 3.36. The number of ether oxygens (including phenoxy) is 1. The highest BCUT2D eigenvalue weighted by Gasteiger charge is 2.43. The van der Waals surface area contributed by atoms with E-state index < -0.39 is 55.5 Å². The third-order valence-electron chi connectivity index (χ3n) is 4.90. The van der Waals surface area contributed by atoms with Crippen molar-refractivity contribution in [3.63, 3.8) is 0 Å². The molecular formula is C20H23N7O7S. The SMILES string of the molecule is NC(CC(=O)O)C(=O)NCC#CC#CCNc1nc(=S)c2ncn([C@@H]3O[C@H](CO)[C@H](O)C3O)c2[nH]1. The minimum Gasteiger partial charge on any atom is -0.481 e. The van der Waals surface area contributed by atoms with Crippen molar-refractivity contribution in [2.45, 2.75) is 37.0 Å². The number of aliphatic hydroxyl groups excluding tert-OH is 3. The van der Waals surface area contributed by atoms with E-state index in [1.165, 1.54) is 10.9 Å². The van der Waals surface area contributed by atoms with Crippen LogP contribution in [0.25, 0.3) is 11.2 Å². The van der Waals surface area contributed by atoms with Crippen LogP contribution in [0.15, 0.2) is 6.33 Å². The summed E-state index contributed by atoms with van der Waals surface area (Å²) in [7, 11) is 0. The maximum atomic E-state index is 11.6. The molecule has 2 aromatic heterocycles. The second kappa shape index (κ2) is 11.7. The molecule has 0 aromatic carbocycles. The Hall–Kier alpha value is -3.57. The van der Waals surface area contributed by atoms with Gasteiger partial charge >= 0.3 is 5.97 Å². The monoisotopic (exact) mass is 505 g/mol. The number of anilines is 1. The lowest BCUT2D eigenvalue weighted by atomic mass is 10.1. The van der Waals surface area contributed by atoms with Gasteiger partial charge in [-0.15, -0.1) is 0 Å². The number of nitrogens with two attached hydrogens (primary N) is 1. The van der Waals surface area contributed by atoms with Gasteiger partial charge < -0.3 is 46.5 Å². The van der Waals surface area contributed by atoms with Crippen molar-refractivity contribution >= 4 is 41.2 Å². The molecule has 1 aliphatic rings. The second-order valence-electron chi connectivity index (χ2n) is 7.35. The summed E-state index contributed by atoms with van der Waals surface area (Å²) in [6.07, 6.45) is -3.60. The van der Waals surface area contributed by atoms with Gasteiger partial charge in [-0.25, -0.2) is 9.97 Å². The number of amides is 1. The molecule has 3 rings (SSSR count). The van der Waals surface area contributed by atoms with E-state index in [-0.39, 0.29) is 23.7 Å². The predicted octanol–water partition coefficient (Wildman–Crippen LogP) is -2.56. The Balaban J connectivity index is 1.59. The number of aliphatic hydroxyl groups is 3. The molecule has 1 amide bonds. The molecule has 2 aromatic rings. The smallest absolute Gasteiger partial charge is 0.305 e. The number of hydrogen-bond donors (Lipinski definition) is 8. The van der Waals surface area contributed by atoms with Crippen molar-refractivity contribution in [3.05, 3.63) is 11.0 Å². The summed E-state index contributed by atoms with van der Waals surface area (Å²) in [4.78, 5) is 33.4. The van der Waals surface area contributed by atoms with Crippen LogP contribution in [-0.4, -0.2) is 95.9 Å². The number of aliphatic carboxylic acids is 1. The zero-order valence-electron chi connectivity index (χ0n) is 18.1. The highest BCUT2D eigenvalue weighted by molar-refractivity contribution is 7.71. The van der Waals surface area contributed by atoms with Crippen molar-refractivity contribution in [1.82, 2.24) is 24.8 Å². The number of nitrogens with one attached hydrogen (secondary N) is 3. The zero-order chi connectivity index (χ0) is 25.5. The first-order valence-corrected chi connectivity index (χ1v) is 10.7. The molecule has 9 N–H and O–H groups in total. The molecular weight excluding hydrogens is 482 g/mol. The van der Waals surface area contributed by atoms with Gasteiger partial charge in [0.1, 0.15) is 29.5 Å². The zero-order valence-corrected chi connectivity index (χ0v) is 18.9. The Morgan fingerprint density at radius 2 is 2.00 bits per heavy atom.